The van der Waals surface area contributed by atoms with Crippen LogP contribution in [-0.2, 0) is 7.05 Å². The van der Waals surface area contributed by atoms with E-state index in [1.54, 1.807) is 36.0 Å². The summed E-state index contributed by atoms with van der Waals surface area (Å²) in [4.78, 5) is 16.9. The van der Waals surface area contributed by atoms with Gasteiger partial charge in [-0.2, -0.15) is 5.10 Å². The number of anilines is 1. The molecule has 0 aliphatic carbocycles. The van der Waals surface area contributed by atoms with Gasteiger partial charge in [-0.05, 0) is 37.6 Å². The van der Waals surface area contributed by atoms with E-state index in [0.717, 1.165) is 22.3 Å². The van der Waals surface area contributed by atoms with Crippen LogP contribution in [0.2, 0.25) is 5.02 Å². The minimum absolute atomic E-state index is 0.287. The quantitative estimate of drug-likeness (QED) is 0.787. The van der Waals surface area contributed by atoms with Crippen LogP contribution >= 0.6 is 11.6 Å². The number of carbonyl (C=O) groups is 1. The van der Waals surface area contributed by atoms with E-state index in [0.29, 0.717) is 16.4 Å². The van der Waals surface area contributed by atoms with E-state index < -0.39 is 0 Å². The fourth-order valence-corrected chi connectivity index (χ4v) is 2.72. The van der Waals surface area contributed by atoms with E-state index in [-0.39, 0.29) is 5.91 Å². The standard InChI is InChI=1S/C16H15ClN4O/c1-9-8-10(2)18-15-13(9)14(20-21(15)3)19-16(22)11-6-4-5-7-12(11)17/h4-8H,1-3H3,(H,19,20,22). The average Bonchev–Trinajstić information content (AvgIpc) is 2.75. The van der Waals surface area contributed by atoms with Crippen LogP contribution in [-0.4, -0.2) is 20.7 Å². The van der Waals surface area contributed by atoms with Gasteiger partial charge in [0.1, 0.15) is 0 Å². The summed E-state index contributed by atoms with van der Waals surface area (Å²) < 4.78 is 1.66. The van der Waals surface area contributed by atoms with Crippen molar-refractivity contribution in [2.75, 3.05) is 5.32 Å². The van der Waals surface area contributed by atoms with Gasteiger partial charge in [-0.25, -0.2) is 9.67 Å². The van der Waals surface area contributed by atoms with Gasteiger partial charge in [0, 0.05) is 12.7 Å². The highest BCUT2D eigenvalue weighted by Crippen LogP contribution is 2.26. The Morgan fingerprint density at radius 3 is 2.73 bits per heavy atom. The van der Waals surface area contributed by atoms with Gasteiger partial charge in [0.15, 0.2) is 11.5 Å². The zero-order valence-corrected chi connectivity index (χ0v) is 13.3. The van der Waals surface area contributed by atoms with Crippen LogP contribution in [0.15, 0.2) is 30.3 Å². The molecular formula is C16H15ClN4O. The van der Waals surface area contributed by atoms with Crippen LogP contribution in [0.25, 0.3) is 11.0 Å². The molecule has 112 valence electrons. The van der Waals surface area contributed by atoms with E-state index >= 15 is 0 Å². The summed E-state index contributed by atoms with van der Waals surface area (Å²) in [6.07, 6.45) is 0. The Labute approximate surface area is 132 Å². The first-order valence-corrected chi connectivity index (χ1v) is 7.22. The number of hydrogen-bond donors (Lipinski definition) is 1. The fraction of sp³-hybridized carbons (Fsp3) is 0.188. The Morgan fingerprint density at radius 2 is 2.00 bits per heavy atom. The number of halogens is 1. The predicted molar refractivity (Wildman–Crippen MR) is 87.4 cm³/mol. The number of rotatable bonds is 2. The molecular weight excluding hydrogens is 300 g/mol. The molecule has 0 bridgehead atoms. The molecule has 2 aromatic heterocycles. The Hall–Kier alpha value is -2.40. The molecule has 0 fully saturated rings. The zero-order valence-electron chi connectivity index (χ0n) is 12.5. The lowest BCUT2D eigenvalue weighted by atomic mass is 10.1. The summed E-state index contributed by atoms with van der Waals surface area (Å²) in [5.41, 5.74) is 3.09. The van der Waals surface area contributed by atoms with Crippen molar-refractivity contribution in [2.24, 2.45) is 7.05 Å². The third kappa shape index (κ3) is 2.44. The normalized spacial score (nSPS) is 10.9. The molecule has 0 aliphatic heterocycles. The zero-order chi connectivity index (χ0) is 15.9. The number of fused-ring (bicyclic) bond motifs is 1. The molecule has 0 aliphatic rings. The SMILES string of the molecule is Cc1cc(C)c2c(NC(=O)c3ccccc3Cl)nn(C)c2n1. The Bertz CT molecular complexity index is 885. The molecule has 22 heavy (non-hydrogen) atoms. The van der Waals surface area contributed by atoms with Crippen LogP contribution in [0, 0.1) is 13.8 Å². The van der Waals surface area contributed by atoms with Gasteiger partial charge >= 0.3 is 0 Å². The molecule has 0 spiro atoms. The number of hydrogen-bond acceptors (Lipinski definition) is 3. The van der Waals surface area contributed by atoms with Crippen LogP contribution in [0.3, 0.4) is 0 Å². The highest BCUT2D eigenvalue weighted by Gasteiger charge is 2.17. The van der Waals surface area contributed by atoms with Crippen molar-refractivity contribution in [3.05, 3.63) is 52.2 Å². The Kier molecular flexibility index (Phi) is 3.58. The number of benzene rings is 1. The van der Waals surface area contributed by atoms with Crippen molar-refractivity contribution in [1.29, 1.82) is 0 Å². The van der Waals surface area contributed by atoms with E-state index in [1.807, 2.05) is 19.9 Å². The number of amides is 1. The third-order valence-electron chi connectivity index (χ3n) is 3.47. The molecule has 1 aromatic carbocycles. The van der Waals surface area contributed by atoms with Gasteiger partial charge in [0.25, 0.3) is 5.91 Å². The summed E-state index contributed by atoms with van der Waals surface area (Å²) >= 11 is 6.06. The first-order valence-electron chi connectivity index (χ1n) is 6.84. The minimum atomic E-state index is -0.287. The second kappa shape index (κ2) is 5.42. The van der Waals surface area contributed by atoms with Gasteiger partial charge < -0.3 is 5.32 Å². The van der Waals surface area contributed by atoms with Crippen molar-refractivity contribution in [3.63, 3.8) is 0 Å². The maximum Gasteiger partial charge on any atom is 0.258 e. The molecule has 1 amide bonds. The average molecular weight is 315 g/mol. The van der Waals surface area contributed by atoms with Crippen molar-refractivity contribution in [3.8, 4) is 0 Å². The number of nitrogens with one attached hydrogen (secondary N) is 1. The van der Waals surface area contributed by atoms with Crippen molar-refractivity contribution < 1.29 is 4.79 Å². The molecule has 0 unspecified atom stereocenters. The van der Waals surface area contributed by atoms with Crippen LogP contribution in [0.1, 0.15) is 21.6 Å². The maximum absolute atomic E-state index is 12.4. The first kappa shape index (κ1) is 14.5. The molecule has 5 nitrogen and oxygen atoms in total. The largest absolute Gasteiger partial charge is 0.304 e. The lowest BCUT2D eigenvalue weighted by Crippen LogP contribution is -2.13. The van der Waals surface area contributed by atoms with Gasteiger partial charge in [-0.1, -0.05) is 23.7 Å². The number of aromatic nitrogens is 3. The fourth-order valence-electron chi connectivity index (χ4n) is 2.50. The molecule has 0 atom stereocenters. The molecule has 6 heteroatoms. The van der Waals surface area contributed by atoms with Gasteiger partial charge in [0.2, 0.25) is 0 Å². The highest BCUT2D eigenvalue weighted by molar-refractivity contribution is 6.34. The molecule has 1 N–H and O–H groups in total. The smallest absolute Gasteiger partial charge is 0.258 e. The van der Waals surface area contributed by atoms with E-state index in [2.05, 4.69) is 15.4 Å². The first-order chi connectivity index (χ1) is 10.5. The topological polar surface area (TPSA) is 59.8 Å². The van der Waals surface area contributed by atoms with Crippen LogP contribution in [0.4, 0.5) is 5.82 Å². The number of aryl methyl sites for hydroxylation is 3. The lowest BCUT2D eigenvalue weighted by Gasteiger charge is -2.05. The molecule has 0 radical (unpaired) electrons. The van der Waals surface area contributed by atoms with E-state index in [9.17, 15) is 4.79 Å². The van der Waals surface area contributed by atoms with Crippen molar-refractivity contribution in [2.45, 2.75) is 13.8 Å². The van der Waals surface area contributed by atoms with Crippen molar-refractivity contribution in [1.82, 2.24) is 14.8 Å². The number of carbonyl (C=O) groups excluding carboxylic acids is 1. The van der Waals surface area contributed by atoms with Crippen LogP contribution < -0.4 is 5.32 Å². The molecule has 0 saturated heterocycles. The molecule has 3 aromatic rings. The minimum Gasteiger partial charge on any atom is -0.304 e. The van der Waals surface area contributed by atoms with E-state index in [1.165, 1.54) is 0 Å². The van der Waals surface area contributed by atoms with Crippen LogP contribution in [0.5, 0.6) is 0 Å². The maximum atomic E-state index is 12.4. The summed E-state index contributed by atoms with van der Waals surface area (Å²) in [5, 5.41) is 8.44. The monoisotopic (exact) mass is 314 g/mol. The molecule has 0 saturated carbocycles. The van der Waals surface area contributed by atoms with Crippen molar-refractivity contribution >= 4 is 34.4 Å². The molecule has 2 heterocycles. The summed E-state index contributed by atoms with van der Waals surface area (Å²) in [6, 6.07) is 8.88. The van der Waals surface area contributed by atoms with Gasteiger partial charge in [-0.15, -0.1) is 0 Å². The second-order valence-corrected chi connectivity index (χ2v) is 5.59. The lowest BCUT2D eigenvalue weighted by molar-refractivity contribution is 0.102. The third-order valence-corrected chi connectivity index (χ3v) is 3.80. The summed E-state index contributed by atoms with van der Waals surface area (Å²) in [6.45, 7) is 3.91. The second-order valence-electron chi connectivity index (χ2n) is 5.19. The summed E-state index contributed by atoms with van der Waals surface area (Å²) in [5.74, 6) is 0.206. The number of pyridine rings is 1. The predicted octanol–water partition coefficient (Wildman–Crippen LogP) is 3.49. The van der Waals surface area contributed by atoms with E-state index in [4.69, 9.17) is 11.6 Å². The highest BCUT2D eigenvalue weighted by atomic mass is 35.5. The Morgan fingerprint density at radius 1 is 1.27 bits per heavy atom. The summed E-state index contributed by atoms with van der Waals surface area (Å²) in [7, 11) is 1.80. The van der Waals surface area contributed by atoms with Gasteiger partial charge in [-0.3, -0.25) is 4.79 Å². The Balaban J connectivity index is 2.05. The van der Waals surface area contributed by atoms with Gasteiger partial charge in [0.05, 0.1) is 16.0 Å². The number of nitrogens with zero attached hydrogens (tertiary/aromatic N) is 3. The molecule has 3 rings (SSSR count).